The molecule has 0 aliphatic rings. The third kappa shape index (κ3) is 3.53. The van der Waals surface area contributed by atoms with E-state index in [2.05, 4.69) is 20.7 Å². The third-order valence-corrected chi connectivity index (χ3v) is 4.80. The SMILES string of the molecule is N#Cc1cc(S(=O)(=O)Nc2ccc(Cl)cc2Br)ccc1F. The summed E-state index contributed by atoms with van der Waals surface area (Å²) >= 11 is 8.97. The van der Waals surface area contributed by atoms with Gasteiger partial charge in [0.1, 0.15) is 11.9 Å². The van der Waals surface area contributed by atoms with E-state index in [9.17, 15) is 12.8 Å². The van der Waals surface area contributed by atoms with Crippen LogP contribution in [0.5, 0.6) is 0 Å². The van der Waals surface area contributed by atoms with Gasteiger partial charge in [-0.3, -0.25) is 4.72 Å². The topological polar surface area (TPSA) is 70.0 Å². The molecule has 0 saturated carbocycles. The van der Waals surface area contributed by atoms with Crippen LogP contribution >= 0.6 is 27.5 Å². The highest BCUT2D eigenvalue weighted by atomic mass is 79.9. The van der Waals surface area contributed by atoms with Crippen LogP contribution in [0.2, 0.25) is 5.02 Å². The first-order valence-corrected chi connectivity index (χ1v) is 8.16. The van der Waals surface area contributed by atoms with Gasteiger partial charge < -0.3 is 0 Å². The fourth-order valence-electron chi connectivity index (χ4n) is 1.53. The van der Waals surface area contributed by atoms with Crippen molar-refractivity contribution >= 4 is 43.2 Å². The summed E-state index contributed by atoms with van der Waals surface area (Å²) in [5.41, 5.74) is -0.0599. The fraction of sp³-hybridized carbons (Fsp3) is 0. The van der Waals surface area contributed by atoms with Crippen molar-refractivity contribution in [3.8, 4) is 6.07 Å². The van der Waals surface area contributed by atoms with Crippen LogP contribution in [0.4, 0.5) is 10.1 Å². The van der Waals surface area contributed by atoms with Crippen molar-refractivity contribution < 1.29 is 12.8 Å². The standard InChI is InChI=1S/C13H7BrClFN2O2S/c14-11-6-9(15)1-4-13(11)18-21(19,20)10-2-3-12(16)8(5-10)7-17/h1-6,18H. The molecule has 0 heterocycles. The Morgan fingerprint density at radius 1 is 1.24 bits per heavy atom. The van der Waals surface area contributed by atoms with Gasteiger partial charge in [0.05, 0.1) is 16.1 Å². The zero-order chi connectivity index (χ0) is 15.6. The lowest BCUT2D eigenvalue weighted by Gasteiger charge is -2.10. The Kier molecular flexibility index (Phi) is 4.52. The van der Waals surface area contributed by atoms with E-state index in [0.717, 1.165) is 18.2 Å². The van der Waals surface area contributed by atoms with Gasteiger partial charge in [-0.15, -0.1) is 0 Å². The Balaban J connectivity index is 2.41. The van der Waals surface area contributed by atoms with Gasteiger partial charge in [-0.1, -0.05) is 11.6 Å². The molecule has 0 amide bonds. The molecule has 0 unspecified atom stereocenters. The number of nitriles is 1. The van der Waals surface area contributed by atoms with Crippen molar-refractivity contribution in [2.75, 3.05) is 4.72 Å². The number of halogens is 3. The Morgan fingerprint density at radius 3 is 2.57 bits per heavy atom. The van der Waals surface area contributed by atoms with Gasteiger partial charge in [-0.2, -0.15) is 5.26 Å². The zero-order valence-corrected chi connectivity index (χ0v) is 13.4. The minimum Gasteiger partial charge on any atom is -0.278 e. The number of benzene rings is 2. The largest absolute Gasteiger partial charge is 0.278 e. The first-order valence-electron chi connectivity index (χ1n) is 5.51. The average Bonchev–Trinajstić information content (AvgIpc) is 2.42. The summed E-state index contributed by atoms with van der Waals surface area (Å²) in [6, 6.07) is 9.13. The van der Waals surface area contributed by atoms with E-state index in [1.54, 1.807) is 6.07 Å². The molecule has 0 aromatic heterocycles. The predicted octanol–water partition coefficient (Wildman–Crippen LogP) is 3.91. The van der Waals surface area contributed by atoms with Crippen molar-refractivity contribution in [2.24, 2.45) is 0 Å². The minimum absolute atomic E-state index is 0.206. The molecule has 8 heteroatoms. The first-order chi connectivity index (χ1) is 9.83. The Bertz CT molecular complexity index is 850. The molecule has 2 aromatic carbocycles. The van der Waals surface area contributed by atoms with Crippen LogP contribution in [0.25, 0.3) is 0 Å². The number of sulfonamides is 1. The van der Waals surface area contributed by atoms with Gasteiger partial charge in [0.25, 0.3) is 10.0 Å². The minimum atomic E-state index is -3.94. The molecule has 0 aliphatic carbocycles. The molecule has 0 radical (unpaired) electrons. The molecule has 21 heavy (non-hydrogen) atoms. The molecule has 0 fully saturated rings. The molecule has 0 saturated heterocycles. The highest BCUT2D eigenvalue weighted by molar-refractivity contribution is 9.10. The second kappa shape index (κ2) is 6.02. The molecule has 108 valence electrons. The van der Waals surface area contributed by atoms with E-state index in [0.29, 0.717) is 9.50 Å². The summed E-state index contributed by atoms with van der Waals surface area (Å²) in [4.78, 5) is -0.206. The Morgan fingerprint density at radius 2 is 1.95 bits per heavy atom. The van der Waals surface area contributed by atoms with Crippen molar-refractivity contribution in [1.82, 2.24) is 0 Å². The molecule has 2 aromatic rings. The number of anilines is 1. The zero-order valence-electron chi connectivity index (χ0n) is 10.3. The van der Waals surface area contributed by atoms with Gasteiger partial charge >= 0.3 is 0 Å². The highest BCUT2D eigenvalue weighted by Crippen LogP contribution is 2.28. The number of hydrogen-bond acceptors (Lipinski definition) is 3. The number of nitrogens with one attached hydrogen (secondary N) is 1. The van der Waals surface area contributed by atoms with Crippen LogP contribution in [0.1, 0.15) is 5.56 Å². The lowest BCUT2D eigenvalue weighted by atomic mass is 10.2. The molecule has 0 spiro atoms. The van der Waals surface area contributed by atoms with Gasteiger partial charge in [-0.05, 0) is 52.3 Å². The summed E-state index contributed by atoms with van der Waals surface area (Å²) in [5, 5.41) is 9.19. The van der Waals surface area contributed by atoms with Gasteiger partial charge in [0.2, 0.25) is 0 Å². The molecule has 0 bridgehead atoms. The molecule has 1 N–H and O–H groups in total. The predicted molar refractivity (Wildman–Crippen MR) is 81.1 cm³/mol. The molecule has 0 atom stereocenters. The fourth-order valence-corrected chi connectivity index (χ4v) is 3.55. The summed E-state index contributed by atoms with van der Waals surface area (Å²) in [5.74, 6) is -0.774. The van der Waals surface area contributed by atoms with Crippen molar-refractivity contribution in [2.45, 2.75) is 4.90 Å². The van der Waals surface area contributed by atoms with Crippen LogP contribution in [-0.2, 0) is 10.0 Å². The summed E-state index contributed by atoms with van der Waals surface area (Å²) in [6.07, 6.45) is 0. The van der Waals surface area contributed by atoms with Crippen LogP contribution in [0.15, 0.2) is 45.8 Å². The third-order valence-electron chi connectivity index (χ3n) is 2.54. The Hall–Kier alpha value is -1.62. The lowest BCUT2D eigenvalue weighted by molar-refractivity contribution is 0.599. The molecule has 4 nitrogen and oxygen atoms in total. The average molecular weight is 390 g/mol. The molecular weight excluding hydrogens is 383 g/mol. The van der Waals surface area contributed by atoms with E-state index in [1.165, 1.54) is 18.2 Å². The number of nitrogens with zero attached hydrogens (tertiary/aromatic N) is 1. The second-order valence-corrected chi connectivity index (χ2v) is 6.96. The van der Waals surface area contributed by atoms with Crippen LogP contribution in [-0.4, -0.2) is 8.42 Å². The van der Waals surface area contributed by atoms with Crippen LogP contribution in [0, 0.1) is 17.1 Å². The maximum absolute atomic E-state index is 13.2. The molecule has 0 aliphatic heterocycles. The van der Waals surface area contributed by atoms with Crippen LogP contribution in [0.3, 0.4) is 0 Å². The summed E-state index contributed by atoms with van der Waals surface area (Å²) in [6.45, 7) is 0. The monoisotopic (exact) mass is 388 g/mol. The van der Waals surface area contributed by atoms with E-state index in [-0.39, 0.29) is 16.1 Å². The number of rotatable bonds is 3. The van der Waals surface area contributed by atoms with Gasteiger partial charge in [0, 0.05) is 9.50 Å². The first kappa shape index (κ1) is 15.8. The van der Waals surface area contributed by atoms with E-state index in [4.69, 9.17) is 16.9 Å². The molecular formula is C13H7BrClFN2O2S. The van der Waals surface area contributed by atoms with Gasteiger partial charge in [0.15, 0.2) is 0 Å². The summed E-state index contributed by atoms with van der Waals surface area (Å²) < 4.78 is 40.5. The van der Waals surface area contributed by atoms with Gasteiger partial charge in [-0.25, -0.2) is 12.8 Å². The maximum Gasteiger partial charge on any atom is 0.261 e. The second-order valence-electron chi connectivity index (χ2n) is 3.98. The van der Waals surface area contributed by atoms with Crippen molar-refractivity contribution in [3.63, 3.8) is 0 Å². The van der Waals surface area contributed by atoms with E-state index < -0.39 is 15.8 Å². The maximum atomic E-state index is 13.2. The van der Waals surface area contributed by atoms with Crippen molar-refractivity contribution in [1.29, 1.82) is 5.26 Å². The lowest BCUT2D eigenvalue weighted by Crippen LogP contribution is -2.13. The van der Waals surface area contributed by atoms with Crippen LogP contribution < -0.4 is 4.72 Å². The normalized spacial score (nSPS) is 11.0. The summed E-state index contributed by atoms with van der Waals surface area (Å²) in [7, 11) is -3.94. The quantitative estimate of drug-likeness (QED) is 0.865. The van der Waals surface area contributed by atoms with E-state index in [1.807, 2.05) is 0 Å². The van der Waals surface area contributed by atoms with Crippen molar-refractivity contribution in [3.05, 3.63) is 57.3 Å². The number of hydrogen-bond donors (Lipinski definition) is 1. The highest BCUT2D eigenvalue weighted by Gasteiger charge is 2.17. The van der Waals surface area contributed by atoms with E-state index >= 15 is 0 Å². The Labute approximate surface area is 134 Å². The smallest absolute Gasteiger partial charge is 0.261 e. The molecule has 2 rings (SSSR count).